The number of aliphatic carboxylic acids is 1. The molecule has 0 heterocycles. The third-order valence-corrected chi connectivity index (χ3v) is 4.46. The van der Waals surface area contributed by atoms with Crippen molar-refractivity contribution in [3.8, 4) is 0 Å². The lowest BCUT2D eigenvalue weighted by atomic mass is 9.81. The molecule has 0 aromatic rings. The zero-order valence-electron chi connectivity index (χ0n) is 12.3. The van der Waals surface area contributed by atoms with Crippen LogP contribution in [0.4, 0.5) is 0 Å². The average molecular weight is 282 g/mol. The van der Waals surface area contributed by atoms with Crippen LogP contribution < -0.4 is 11.1 Å². The maximum absolute atomic E-state index is 11.1. The van der Waals surface area contributed by atoms with Gasteiger partial charge in [0.15, 0.2) is 0 Å². The summed E-state index contributed by atoms with van der Waals surface area (Å²) in [4.78, 5) is 21.9. The Bertz CT molecular complexity index is 349. The molecule has 4 unspecified atom stereocenters. The van der Waals surface area contributed by atoms with Crippen molar-refractivity contribution in [2.24, 2.45) is 23.5 Å². The second kappa shape index (κ2) is 7.55. The van der Waals surface area contributed by atoms with E-state index < -0.39 is 12.0 Å². The van der Waals surface area contributed by atoms with Gasteiger partial charge in [-0.1, -0.05) is 32.8 Å². The van der Waals surface area contributed by atoms with E-state index in [1.165, 1.54) is 0 Å². The van der Waals surface area contributed by atoms with Crippen molar-refractivity contribution in [1.82, 2.24) is 5.32 Å². The molecule has 5 nitrogen and oxygen atoms in total. The Labute approximate surface area is 120 Å². The first kappa shape index (κ1) is 16.9. The van der Waals surface area contributed by atoms with Gasteiger partial charge in [0, 0.05) is 12.1 Å². The van der Waals surface area contributed by atoms with E-state index in [0.717, 1.165) is 12.8 Å². The Hall–Kier alpha value is -1.20. The van der Waals surface area contributed by atoms with Gasteiger partial charge in [-0.15, -0.1) is 6.58 Å². The number of hydrogen-bond donors (Lipinski definition) is 3. The normalized spacial score (nSPS) is 30.4. The summed E-state index contributed by atoms with van der Waals surface area (Å²) in [5, 5.41) is 12.0. The van der Waals surface area contributed by atoms with Gasteiger partial charge in [0.25, 0.3) is 0 Å². The monoisotopic (exact) mass is 282 g/mol. The maximum atomic E-state index is 11.1. The molecule has 0 amide bonds. The first-order valence-corrected chi connectivity index (χ1v) is 7.22. The van der Waals surface area contributed by atoms with Gasteiger partial charge in [-0.2, -0.15) is 0 Å². The maximum Gasteiger partial charge on any atom is 0.305 e. The predicted octanol–water partition coefficient (Wildman–Crippen LogP) is 1.18. The fraction of sp³-hybridized carbons (Fsp3) is 0.733. The molecule has 0 aromatic heterocycles. The topological polar surface area (TPSA) is 92.4 Å². The van der Waals surface area contributed by atoms with Crippen molar-refractivity contribution < 1.29 is 14.7 Å². The molecule has 0 spiro atoms. The summed E-state index contributed by atoms with van der Waals surface area (Å²) in [5.41, 5.74) is 6.11. The SMILES string of the molecule is C=CC(N)C(N[C@H](C=O)CC(=O)O)C1C(C)CCC1C. The van der Waals surface area contributed by atoms with E-state index >= 15 is 0 Å². The summed E-state index contributed by atoms with van der Waals surface area (Å²) in [6.45, 7) is 8.10. The molecule has 0 saturated heterocycles. The standard InChI is InChI=1S/C15H26N2O3/c1-4-12(16)15(14-9(2)5-6-10(14)3)17-11(8-18)7-13(19)20/h4,8-12,14-15,17H,1,5-7,16H2,2-3H3,(H,19,20)/t9?,10?,11-,12?,14?,15?/m0/s1. The predicted molar refractivity (Wildman–Crippen MR) is 78.3 cm³/mol. The second-order valence-electron chi connectivity index (χ2n) is 5.96. The highest BCUT2D eigenvalue weighted by molar-refractivity contribution is 5.73. The van der Waals surface area contributed by atoms with Gasteiger partial charge < -0.3 is 21.0 Å². The Morgan fingerprint density at radius 2 is 2.00 bits per heavy atom. The lowest BCUT2D eigenvalue weighted by Gasteiger charge is -2.35. The van der Waals surface area contributed by atoms with Crippen LogP contribution in [0.1, 0.15) is 33.1 Å². The summed E-state index contributed by atoms with van der Waals surface area (Å²) in [6.07, 6.45) is 4.37. The zero-order chi connectivity index (χ0) is 15.3. The van der Waals surface area contributed by atoms with E-state index in [9.17, 15) is 9.59 Å². The molecule has 114 valence electrons. The first-order valence-electron chi connectivity index (χ1n) is 7.22. The highest BCUT2D eigenvalue weighted by atomic mass is 16.4. The molecule has 0 aliphatic heterocycles. The van der Waals surface area contributed by atoms with Crippen LogP contribution in [0.15, 0.2) is 12.7 Å². The Kier molecular flexibility index (Phi) is 6.36. The fourth-order valence-corrected chi connectivity index (χ4v) is 3.39. The smallest absolute Gasteiger partial charge is 0.305 e. The highest BCUT2D eigenvalue weighted by Gasteiger charge is 2.39. The summed E-state index contributed by atoms with van der Waals surface area (Å²) in [6, 6.07) is -1.11. The quantitative estimate of drug-likeness (QED) is 0.459. The molecule has 1 saturated carbocycles. The molecule has 0 radical (unpaired) electrons. The molecule has 5 atom stereocenters. The molecule has 1 aliphatic rings. The van der Waals surface area contributed by atoms with Gasteiger partial charge in [-0.25, -0.2) is 0 Å². The number of aldehydes is 1. The van der Waals surface area contributed by atoms with Crippen LogP contribution in [0.25, 0.3) is 0 Å². The van der Waals surface area contributed by atoms with E-state index in [4.69, 9.17) is 10.8 Å². The summed E-state index contributed by atoms with van der Waals surface area (Å²) in [5.74, 6) is 0.351. The van der Waals surface area contributed by atoms with E-state index in [-0.39, 0.29) is 18.5 Å². The second-order valence-corrected chi connectivity index (χ2v) is 5.96. The van der Waals surface area contributed by atoms with Crippen LogP contribution in [-0.4, -0.2) is 35.5 Å². The van der Waals surface area contributed by atoms with Crippen LogP contribution in [0.5, 0.6) is 0 Å². The number of carboxylic acid groups (broad SMARTS) is 1. The number of rotatable bonds is 8. The van der Waals surface area contributed by atoms with Crippen molar-refractivity contribution in [3.63, 3.8) is 0 Å². The largest absolute Gasteiger partial charge is 0.481 e. The van der Waals surface area contributed by atoms with Crippen LogP contribution in [0.3, 0.4) is 0 Å². The Morgan fingerprint density at radius 1 is 1.45 bits per heavy atom. The minimum absolute atomic E-state index is 0.116. The molecule has 1 rings (SSSR count). The average Bonchev–Trinajstić information content (AvgIpc) is 2.73. The van der Waals surface area contributed by atoms with Crippen molar-refractivity contribution in [2.45, 2.75) is 51.2 Å². The minimum Gasteiger partial charge on any atom is -0.481 e. The number of carbonyl (C=O) groups is 2. The third kappa shape index (κ3) is 4.15. The van der Waals surface area contributed by atoms with Gasteiger partial charge in [-0.3, -0.25) is 4.79 Å². The molecule has 5 heteroatoms. The van der Waals surface area contributed by atoms with Gasteiger partial charge in [0.1, 0.15) is 6.29 Å². The Morgan fingerprint density at radius 3 is 2.40 bits per heavy atom. The zero-order valence-corrected chi connectivity index (χ0v) is 12.3. The molecule has 0 bridgehead atoms. The van der Waals surface area contributed by atoms with Gasteiger partial charge in [0.05, 0.1) is 12.5 Å². The molecule has 4 N–H and O–H groups in total. The number of hydrogen-bond acceptors (Lipinski definition) is 4. The molecular weight excluding hydrogens is 256 g/mol. The molecule has 1 aliphatic carbocycles. The van der Waals surface area contributed by atoms with E-state index in [1.54, 1.807) is 6.08 Å². The van der Waals surface area contributed by atoms with Gasteiger partial charge >= 0.3 is 5.97 Å². The van der Waals surface area contributed by atoms with Crippen LogP contribution >= 0.6 is 0 Å². The van der Waals surface area contributed by atoms with Crippen molar-refractivity contribution in [1.29, 1.82) is 0 Å². The summed E-state index contributed by atoms with van der Waals surface area (Å²) in [7, 11) is 0. The van der Waals surface area contributed by atoms with E-state index in [1.807, 2.05) is 0 Å². The van der Waals surface area contributed by atoms with Crippen LogP contribution in [-0.2, 0) is 9.59 Å². The molecule has 1 fully saturated rings. The van der Waals surface area contributed by atoms with Crippen LogP contribution in [0, 0.1) is 17.8 Å². The van der Waals surface area contributed by atoms with Gasteiger partial charge in [0.2, 0.25) is 0 Å². The van der Waals surface area contributed by atoms with Crippen LogP contribution in [0.2, 0.25) is 0 Å². The molecule has 20 heavy (non-hydrogen) atoms. The summed E-state index contributed by atoms with van der Waals surface area (Å²) < 4.78 is 0. The van der Waals surface area contributed by atoms with E-state index in [2.05, 4.69) is 25.7 Å². The van der Waals surface area contributed by atoms with Crippen molar-refractivity contribution >= 4 is 12.3 Å². The van der Waals surface area contributed by atoms with Crippen molar-refractivity contribution in [3.05, 3.63) is 12.7 Å². The van der Waals surface area contributed by atoms with Gasteiger partial charge in [-0.05, 0) is 17.8 Å². The van der Waals surface area contributed by atoms with Crippen molar-refractivity contribution in [2.75, 3.05) is 0 Å². The Balaban J connectivity index is 2.86. The minimum atomic E-state index is -0.993. The highest BCUT2D eigenvalue weighted by Crippen LogP contribution is 2.39. The lowest BCUT2D eigenvalue weighted by molar-refractivity contribution is -0.138. The number of carbonyl (C=O) groups excluding carboxylic acids is 1. The molecular formula is C15H26N2O3. The fourth-order valence-electron chi connectivity index (χ4n) is 3.39. The third-order valence-electron chi connectivity index (χ3n) is 4.46. The number of carboxylic acids is 1. The van der Waals surface area contributed by atoms with E-state index in [0.29, 0.717) is 24.0 Å². The summed E-state index contributed by atoms with van der Waals surface area (Å²) >= 11 is 0. The number of nitrogens with one attached hydrogen (secondary N) is 1. The molecule has 0 aromatic carbocycles. The lowest BCUT2D eigenvalue weighted by Crippen LogP contribution is -2.55. The number of nitrogens with two attached hydrogens (primary N) is 1. The first-order chi connectivity index (χ1) is 9.40.